The molecule has 0 saturated carbocycles. The number of aromatic hydroxyl groups is 1. The molecule has 0 aliphatic heterocycles. The second-order valence-electron chi connectivity index (χ2n) is 5.65. The molecule has 130 valence electrons. The Labute approximate surface area is 141 Å². The third kappa shape index (κ3) is 4.65. The third-order valence-corrected chi connectivity index (χ3v) is 3.56. The van der Waals surface area contributed by atoms with Crippen molar-refractivity contribution in [3.05, 3.63) is 41.3 Å². The Kier molecular flexibility index (Phi) is 6.06. The molecule has 24 heavy (non-hydrogen) atoms. The number of guanidine groups is 1. The van der Waals surface area contributed by atoms with Crippen molar-refractivity contribution in [3.8, 4) is 11.5 Å². The van der Waals surface area contributed by atoms with E-state index < -0.39 is 0 Å². The van der Waals surface area contributed by atoms with E-state index in [2.05, 4.69) is 34.6 Å². The third-order valence-electron chi connectivity index (χ3n) is 3.56. The molecule has 0 bridgehead atoms. The first-order valence-corrected chi connectivity index (χ1v) is 7.79. The Hall–Kier alpha value is -2.70. The van der Waals surface area contributed by atoms with Crippen molar-refractivity contribution in [2.45, 2.75) is 32.9 Å². The van der Waals surface area contributed by atoms with Gasteiger partial charge in [0.25, 0.3) is 0 Å². The van der Waals surface area contributed by atoms with Gasteiger partial charge in [-0.25, -0.2) is 0 Å². The number of aliphatic imine (C=N–C) groups is 1. The van der Waals surface area contributed by atoms with Gasteiger partial charge in [0.2, 0.25) is 0 Å². The first kappa shape index (κ1) is 17.7. The molecule has 7 heteroatoms. The average molecular weight is 332 g/mol. The number of nitrogens with zero attached hydrogens (tertiary/aromatic N) is 2. The van der Waals surface area contributed by atoms with Crippen LogP contribution in [0.25, 0.3) is 0 Å². The summed E-state index contributed by atoms with van der Waals surface area (Å²) in [5.74, 6) is 2.56. The molecule has 0 spiro atoms. The van der Waals surface area contributed by atoms with Crippen LogP contribution in [0.2, 0.25) is 0 Å². The lowest BCUT2D eigenvalue weighted by atomic mass is 10.1. The van der Waals surface area contributed by atoms with Gasteiger partial charge in [-0.3, -0.25) is 4.99 Å². The molecule has 0 amide bonds. The number of nitrogens with one attached hydrogen (secondary N) is 2. The van der Waals surface area contributed by atoms with E-state index >= 15 is 0 Å². The molecule has 0 atom stereocenters. The summed E-state index contributed by atoms with van der Waals surface area (Å²) in [6.07, 6.45) is 0. The highest BCUT2D eigenvalue weighted by Crippen LogP contribution is 2.22. The number of aromatic nitrogens is 1. The van der Waals surface area contributed by atoms with Crippen LogP contribution in [0.3, 0.4) is 0 Å². The number of phenols is 1. The van der Waals surface area contributed by atoms with Crippen molar-refractivity contribution in [2.75, 3.05) is 14.2 Å². The van der Waals surface area contributed by atoms with Crippen molar-refractivity contribution >= 4 is 5.96 Å². The van der Waals surface area contributed by atoms with Crippen LogP contribution in [-0.2, 0) is 13.1 Å². The van der Waals surface area contributed by atoms with E-state index in [0.29, 0.717) is 30.7 Å². The molecular weight excluding hydrogens is 308 g/mol. The fourth-order valence-corrected chi connectivity index (χ4v) is 2.09. The van der Waals surface area contributed by atoms with Crippen LogP contribution in [0, 0.1) is 0 Å². The topological polar surface area (TPSA) is 91.9 Å². The first-order valence-electron chi connectivity index (χ1n) is 7.79. The van der Waals surface area contributed by atoms with Gasteiger partial charge in [0, 0.05) is 25.2 Å². The Balaban J connectivity index is 1.90. The summed E-state index contributed by atoms with van der Waals surface area (Å²) in [5.41, 5.74) is 1.65. The van der Waals surface area contributed by atoms with Crippen LogP contribution in [0.5, 0.6) is 11.5 Å². The van der Waals surface area contributed by atoms with Gasteiger partial charge in [0.05, 0.1) is 19.3 Å². The lowest BCUT2D eigenvalue weighted by Gasteiger charge is -2.12. The van der Waals surface area contributed by atoms with Gasteiger partial charge in [-0.1, -0.05) is 19.0 Å². The van der Waals surface area contributed by atoms with Crippen LogP contribution in [0.1, 0.15) is 36.8 Å². The number of rotatable bonds is 6. The summed E-state index contributed by atoms with van der Waals surface area (Å²) in [6, 6.07) is 7.02. The zero-order valence-electron chi connectivity index (χ0n) is 14.5. The van der Waals surface area contributed by atoms with E-state index in [-0.39, 0.29) is 5.75 Å². The number of methoxy groups -OCH3 is 1. The fourth-order valence-electron chi connectivity index (χ4n) is 2.09. The predicted molar refractivity (Wildman–Crippen MR) is 92.3 cm³/mol. The number of benzene rings is 1. The Morgan fingerprint density at radius 2 is 2.04 bits per heavy atom. The van der Waals surface area contributed by atoms with E-state index in [9.17, 15) is 5.11 Å². The van der Waals surface area contributed by atoms with Crippen molar-refractivity contribution in [1.29, 1.82) is 0 Å². The molecule has 2 rings (SSSR count). The SMILES string of the molecule is CN=C(NCc1cc(C(C)C)no1)NCc1cc(OC)ccc1O. The molecule has 0 saturated heterocycles. The molecule has 0 aliphatic rings. The van der Waals surface area contributed by atoms with Crippen LogP contribution in [-0.4, -0.2) is 30.4 Å². The van der Waals surface area contributed by atoms with Gasteiger partial charge in [-0.15, -0.1) is 0 Å². The second kappa shape index (κ2) is 8.24. The molecule has 1 heterocycles. The van der Waals surface area contributed by atoms with Crippen molar-refractivity contribution in [1.82, 2.24) is 15.8 Å². The zero-order valence-corrected chi connectivity index (χ0v) is 14.5. The lowest BCUT2D eigenvalue weighted by Crippen LogP contribution is -2.36. The average Bonchev–Trinajstić information content (AvgIpc) is 3.05. The molecule has 0 radical (unpaired) electrons. The molecule has 0 unspecified atom stereocenters. The number of ether oxygens (including phenoxy) is 1. The smallest absolute Gasteiger partial charge is 0.191 e. The van der Waals surface area contributed by atoms with Gasteiger partial charge in [0.1, 0.15) is 11.5 Å². The van der Waals surface area contributed by atoms with Crippen LogP contribution in [0.15, 0.2) is 33.8 Å². The molecule has 7 nitrogen and oxygen atoms in total. The van der Waals surface area contributed by atoms with E-state index in [1.54, 1.807) is 32.4 Å². The zero-order chi connectivity index (χ0) is 17.5. The Morgan fingerprint density at radius 3 is 2.67 bits per heavy atom. The minimum Gasteiger partial charge on any atom is -0.508 e. The van der Waals surface area contributed by atoms with Gasteiger partial charge in [-0.05, 0) is 24.1 Å². The summed E-state index contributed by atoms with van der Waals surface area (Å²) >= 11 is 0. The number of hydrogen-bond acceptors (Lipinski definition) is 5. The van der Waals surface area contributed by atoms with E-state index in [1.807, 2.05) is 6.07 Å². The second-order valence-corrected chi connectivity index (χ2v) is 5.65. The molecule has 0 aliphatic carbocycles. The molecule has 1 aromatic carbocycles. The van der Waals surface area contributed by atoms with Crippen molar-refractivity contribution in [2.24, 2.45) is 4.99 Å². The van der Waals surface area contributed by atoms with Crippen molar-refractivity contribution in [3.63, 3.8) is 0 Å². The summed E-state index contributed by atoms with van der Waals surface area (Å²) < 4.78 is 10.4. The summed E-state index contributed by atoms with van der Waals surface area (Å²) in [4.78, 5) is 4.15. The van der Waals surface area contributed by atoms with Crippen LogP contribution >= 0.6 is 0 Å². The van der Waals surface area contributed by atoms with E-state index in [1.165, 1.54) is 0 Å². The molecule has 1 aromatic heterocycles. The maximum absolute atomic E-state index is 9.90. The van der Waals surface area contributed by atoms with E-state index in [0.717, 1.165) is 17.0 Å². The largest absolute Gasteiger partial charge is 0.508 e. The minimum atomic E-state index is 0.204. The Morgan fingerprint density at radius 1 is 1.29 bits per heavy atom. The van der Waals surface area contributed by atoms with Crippen LogP contribution < -0.4 is 15.4 Å². The highest BCUT2D eigenvalue weighted by atomic mass is 16.5. The fraction of sp³-hybridized carbons (Fsp3) is 0.412. The predicted octanol–water partition coefficient (Wildman–Crippen LogP) is 2.38. The maximum atomic E-state index is 9.90. The lowest BCUT2D eigenvalue weighted by molar-refractivity contribution is 0.372. The summed E-state index contributed by atoms with van der Waals surface area (Å²) in [6.45, 7) is 5.02. The molecule has 0 fully saturated rings. The van der Waals surface area contributed by atoms with Gasteiger partial charge >= 0.3 is 0 Å². The highest BCUT2D eigenvalue weighted by Gasteiger charge is 2.09. The molecular formula is C17H24N4O3. The van der Waals surface area contributed by atoms with Crippen LogP contribution in [0.4, 0.5) is 0 Å². The van der Waals surface area contributed by atoms with E-state index in [4.69, 9.17) is 9.26 Å². The minimum absolute atomic E-state index is 0.204. The van der Waals surface area contributed by atoms with Crippen molar-refractivity contribution < 1.29 is 14.4 Å². The molecule has 2 aromatic rings. The standard InChI is InChI=1S/C17H24N4O3/c1-11(2)15-8-14(24-21-15)10-20-17(18-3)19-9-12-7-13(23-4)5-6-16(12)22/h5-8,11,22H,9-10H2,1-4H3,(H2,18,19,20). The van der Waals surface area contributed by atoms with Gasteiger partial charge in [-0.2, -0.15) is 0 Å². The molecule has 3 N–H and O–H groups in total. The quantitative estimate of drug-likeness (QED) is 0.556. The van der Waals surface area contributed by atoms with Gasteiger partial charge in [0.15, 0.2) is 11.7 Å². The maximum Gasteiger partial charge on any atom is 0.191 e. The summed E-state index contributed by atoms with van der Waals surface area (Å²) in [7, 11) is 3.27. The Bertz CT molecular complexity index is 695. The first-order chi connectivity index (χ1) is 11.5. The summed E-state index contributed by atoms with van der Waals surface area (Å²) in [5, 5.41) is 20.2. The number of phenolic OH excluding ortho intramolecular Hbond substituents is 1. The normalized spacial score (nSPS) is 11.6. The highest BCUT2D eigenvalue weighted by molar-refractivity contribution is 5.79. The number of hydrogen-bond donors (Lipinski definition) is 3. The van der Waals surface area contributed by atoms with Gasteiger partial charge < -0.3 is 25.0 Å². The monoisotopic (exact) mass is 332 g/mol.